The zero-order chi connectivity index (χ0) is 25.9. The molecule has 0 aliphatic rings. The molecule has 186 valence electrons. The molecule has 0 saturated heterocycles. The molecule has 10 nitrogen and oxygen atoms in total. The second kappa shape index (κ2) is 12.6. The third-order valence-corrected chi connectivity index (χ3v) is 4.76. The average molecular weight is 492 g/mol. The lowest BCUT2D eigenvalue weighted by Crippen LogP contribution is -2.15. The molecule has 0 aromatic heterocycles. The Hall–Kier alpha value is -4.86. The van der Waals surface area contributed by atoms with Crippen LogP contribution < -0.4 is 20.1 Å². The number of ether oxygens (including phenoxy) is 4. The Bertz CT molecular complexity index is 1140. The molecule has 0 radical (unpaired) electrons. The topological polar surface area (TPSA) is 129 Å². The van der Waals surface area contributed by atoms with Crippen LogP contribution >= 0.6 is 0 Å². The van der Waals surface area contributed by atoms with Crippen molar-refractivity contribution in [3.8, 4) is 11.5 Å². The zero-order valence-corrected chi connectivity index (χ0v) is 19.6. The lowest BCUT2D eigenvalue weighted by atomic mass is 10.1. The second-order valence-electron chi connectivity index (χ2n) is 7.27. The van der Waals surface area contributed by atoms with Crippen molar-refractivity contribution in [2.24, 2.45) is 0 Å². The molecule has 0 aliphatic heterocycles. The van der Waals surface area contributed by atoms with Gasteiger partial charge in [-0.3, -0.25) is 9.59 Å². The van der Waals surface area contributed by atoms with Gasteiger partial charge in [-0.15, -0.1) is 0 Å². The van der Waals surface area contributed by atoms with Crippen LogP contribution in [0.4, 0.5) is 11.4 Å². The third kappa shape index (κ3) is 7.59. The van der Waals surface area contributed by atoms with Crippen molar-refractivity contribution in [3.05, 3.63) is 83.9 Å². The number of benzene rings is 3. The van der Waals surface area contributed by atoms with E-state index in [9.17, 15) is 19.2 Å². The van der Waals surface area contributed by atoms with E-state index in [0.717, 1.165) is 0 Å². The summed E-state index contributed by atoms with van der Waals surface area (Å²) in [6, 6.07) is 19.2. The molecule has 0 saturated carbocycles. The number of hydrogen-bond donors (Lipinski definition) is 2. The predicted octanol–water partition coefficient (Wildman–Crippen LogP) is 3.29. The van der Waals surface area contributed by atoms with Gasteiger partial charge in [0.15, 0.2) is 13.2 Å². The third-order valence-electron chi connectivity index (χ3n) is 4.76. The molecule has 0 aliphatic carbocycles. The van der Waals surface area contributed by atoms with Crippen LogP contribution in [0.3, 0.4) is 0 Å². The predicted molar refractivity (Wildman–Crippen MR) is 130 cm³/mol. The average Bonchev–Trinajstić information content (AvgIpc) is 2.90. The van der Waals surface area contributed by atoms with E-state index in [4.69, 9.17) is 9.47 Å². The SMILES string of the molecule is COC(=O)COc1cccc(NC(=O)c2ccc(C(=O)Nc3cccc(OCC(=O)OC)c3)cc2)c1. The molecule has 3 aromatic carbocycles. The van der Waals surface area contributed by atoms with Crippen molar-refractivity contribution < 1.29 is 38.1 Å². The molecule has 0 atom stereocenters. The molecule has 3 aromatic rings. The van der Waals surface area contributed by atoms with Gasteiger partial charge < -0.3 is 29.6 Å². The maximum Gasteiger partial charge on any atom is 0.343 e. The number of carbonyl (C=O) groups excluding carboxylic acids is 4. The van der Waals surface area contributed by atoms with Gasteiger partial charge in [0, 0.05) is 34.6 Å². The number of amides is 2. The summed E-state index contributed by atoms with van der Waals surface area (Å²) in [5, 5.41) is 5.47. The molecule has 2 amide bonds. The highest BCUT2D eigenvalue weighted by atomic mass is 16.6. The van der Waals surface area contributed by atoms with Gasteiger partial charge in [-0.2, -0.15) is 0 Å². The Balaban J connectivity index is 1.58. The fraction of sp³-hybridized carbons (Fsp3) is 0.154. The molecule has 0 heterocycles. The van der Waals surface area contributed by atoms with Crippen LogP contribution in [0, 0.1) is 0 Å². The number of rotatable bonds is 10. The largest absolute Gasteiger partial charge is 0.482 e. The molecule has 0 spiro atoms. The van der Waals surface area contributed by atoms with Crippen LogP contribution in [0.5, 0.6) is 11.5 Å². The van der Waals surface area contributed by atoms with E-state index < -0.39 is 11.9 Å². The Morgan fingerprint density at radius 2 is 1.00 bits per heavy atom. The van der Waals surface area contributed by atoms with Gasteiger partial charge in [-0.05, 0) is 48.5 Å². The van der Waals surface area contributed by atoms with E-state index in [1.807, 2.05) is 0 Å². The summed E-state index contributed by atoms with van der Waals surface area (Å²) in [5.74, 6) is -1.03. The first-order chi connectivity index (χ1) is 17.4. The lowest BCUT2D eigenvalue weighted by molar-refractivity contribution is -0.143. The van der Waals surface area contributed by atoms with Crippen LogP contribution in [0.1, 0.15) is 20.7 Å². The first kappa shape index (κ1) is 25.8. The van der Waals surface area contributed by atoms with Crippen LogP contribution in [0.15, 0.2) is 72.8 Å². The van der Waals surface area contributed by atoms with Gasteiger partial charge in [-0.25, -0.2) is 9.59 Å². The Morgan fingerprint density at radius 1 is 0.611 bits per heavy atom. The summed E-state index contributed by atoms with van der Waals surface area (Å²) >= 11 is 0. The van der Waals surface area contributed by atoms with Gasteiger partial charge in [0.25, 0.3) is 11.8 Å². The summed E-state index contributed by atoms with van der Waals surface area (Å²) in [6.45, 7) is -0.496. The molecule has 0 fully saturated rings. The number of anilines is 2. The molecule has 10 heteroatoms. The molecule has 2 N–H and O–H groups in total. The maximum atomic E-state index is 12.6. The van der Waals surface area contributed by atoms with Gasteiger partial charge in [0.05, 0.1) is 14.2 Å². The highest BCUT2D eigenvalue weighted by Gasteiger charge is 2.11. The maximum absolute atomic E-state index is 12.6. The monoisotopic (exact) mass is 492 g/mol. The molecule has 0 unspecified atom stereocenters. The summed E-state index contributed by atoms with van der Waals surface area (Å²) in [6.07, 6.45) is 0. The first-order valence-electron chi connectivity index (χ1n) is 10.7. The van der Waals surface area contributed by atoms with Crippen molar-refractivity contribution in [3.63, 3.8) is 0 Å². The molecule has 3 rings (SSSR count). The van der Waals surface area contributed by atoms with E-state index in [1.54, 1.807) is 48.5 Å². The molecule has 0 bridgehead atoms. The van der Waals surface area contributed by atoms with Crippen molar-refractivity contribution in [1.29, 1.82) is 0 Å². The lowest BCUT2D eigenvalue weighted by Gasteiger charge is -2.10. The Kier molecular flexibility index (Phi) is 8.99. The zero-order valence-electron chi connectivity index (χ0n) is 19.6. The quantitative estimate of drug-likeness (QED) is 0.413. The standard InChI is InChI=1S/C26H24N2O8/c1-33-23(29)15-35-21-7-3-5-19(13-21)27-25(31)17-9-11-18(12-10-17)26(32)28-20-6-4-8-22(14-20)36-16-24(30)34-2/h3-14H,15-16H2,1-2H3,(H,27,31)(H,28,32). The van der Waals surface area contributed by atoms with Gasteiger partial charge in [0.2, 0.25) is 0 Å². The first-order valence-corrected chi connectivity index (χ1v) is 10.7. The van der Waals surface area contributed by atoms with Gasteiger partial charge in [-0.1, -0.05) is 12.1 Å². The highest BCUT2D eigenvalue weighted by molar-refractivity contribution is 6.07. The summed E-state index contributed by atoms with van der Waals surface area (Å²) in [7, 11) is 2.53. The number of esters is 2. The minimum Gasteiger partial charge on any atom is -0.482 e. The minimum absolute atomic E-state index is 0.248. The Labute approximate surface area is 207 Å². The second-order valence-corrected chi connectivity index (χ2v) is 7.27. The smallest absolute Gasteiger partial charge is 0.343 e. The van der Waals surface area contributed by atoms with Crippen molar-refractivity contribution in [2.75, 3.05) is 38.1 Å². The minimum atomic E-state index is -0.520. The van der Waals surface area contributed by atoms with Crippen molar-refractivity contribution in [2.45, 2.75) is 0 Å². The fourth-order valence-corrected chi connectivity index (χ4v) is 2.91. The molecule has 36 heavy (non-hydrogen) atoms. The van der Waals surface area contributed by atoms with Crippen molar-refractivity contribution in [1.82, 2.24) is 0 Å². The highest BCUT2D eigenvalue weighted by Crippen LogP contribution is 2.20. The van der Waals surface area contributed by atoms with E-state index >= 15 is 0 Å². The normalized spacial score (nSPS) is 10.1. The molecular weight excluding hydrogens is 468 g/mol. The van der Waals surface area contributed by atoms with Crippen LogP contribution in [0.25, 0.3) is 0 Å². The number of methoxy groups -OCH3 is 2. The van der Waals surface area contributed by atoms with Crippen LogP contribution in [0.2, 0.25) is 0 Å². The number of carbonyl (C=O) groups is 4. The van der Waals surface area contributed by atoms with Crippen molar-refractivity contribution >= 4 is 35.1 Å². The van der Waals surface area contributed by atoms with Gasteiger partial charge >= 0.3 is 11.9 Å². The van der Waals surface area contributed by atoms with E-state index in [-0.39, 0.29) is 25.0 Å². The fourth-order valence-electron chi connectivity index (χ4n) is 2.91. The van der Waals surface area contributed by atoms with Crippen LogP contribution in [-0.4, -0.2) is 51.2 Å². The van der Waals surface area contributed by atoms with E-state index in [0.29, 0.717) is 34.0 Å². The number of hydrogen-bond acceptors (Lipinski definition) is 8. The summed E-state index contributed by atoms with van der Waals surface area (Å²) in [4.78, 5) is 47.6. The summed E-state index contributed by atoms with van der Waals surface area (Å²) < 4.78 is 19.7. The van der Waals surface area contributed by atoms with Gasteiger partial charge in [0.1, 0.15) is 11.5 Å². The summed E-state index contributed by atoms with van der Waals surface area (Å²) in [5.41, 5.74) is 1.62. The van der Waals surface area contributed by atoms with Crippen LogP contribution in [-0.2, 0) is 19.1 Å². The van der Waals surface area contributed by atoms with E-state index in [2.05, 4.69) is 20.1 Å². The number of nitrogens with one attached hydrogen (secondary N) is 2. The Morgan fingerprint density at radius 3 is 1.36 bits per heavy atom. The molecular formula is C26H24N2O8. The van der Waals surface area contributed by atoms with E-state index in [1.165, 1.54) is 38.5 Å².